The molecule has 1 aliphatic heterocycles. The van der Waals surface area contributed by atoms with Gasteiger partial charge in [0, 0.05) is 13.1 Å². The van der Waals surface area contributed by atoms with Gasteiger partial charge in [0.05, 0.1) is 12.1 Å². The summed E-state index contributed by atoms with van der Waals surface area (Å²) in [7, 11) is 0. The molecule has 0 aromatic rings. The van der Waals surface area contributed by atoms with E-state index in [0.29, 0.717) is 0 Å². The van der Waals surface area contributed by atoms with E-state index < -0.39 is 5.54 Å². The zero-order valence-corrected chi connectivity index (χ0v) is 10.6. The molecule has 3 N–H and O–H groups in total. The van der Waals surface area contributed by atoms with Crippen LogP contribution in [0.2, 0.25) is 0 Å². The highest BCUT2D eigenvalue weighted by molar-refractivity contribution is 5.89. The van der Waals surface area contributed by atoms with Crippen molar-refractivity contribution in [3.63, 3.8) is 0 Å². The molecule has 0 aromatic carbocycles. The van der Waals surface area contributed by atoms with E-state index in [9.17, 15) is 9.59 Å². The van der Waals surface area contributed by atoms with Crippen LogP contribution >= 0.6 is 12.4 Å². The van der Waals surface area contributed by atoms with Gasteiger partial charge in [-0.2, -0.15) is 0 Å². The average Bonchev–Trinajstić information content (AvgIpc) is 2.64. The van der Waals surface area contributed by atoms with E-state index in [0.717, 1.165) is 25.9 Å². The van der Waals surface area contributed by atoms with Crippen molar-refractivity contribution in [1.82, 2.24) is 10.2 Å². The highest BCUT2D eigenvalue weighted by atomic mass is 35.5. The predicted molar refractivity (Wildman–Crippen MR) is 64.3 cm³/mol. The van der Waals surface area contributed by atoms with Gasteiger partial charge in [0.25, 0.3) is 0 Å². The third-order valence-electron chi connectivity index (χ3n) is 2.44. The van der Waals surface area contributed by atoms with Gasteiger partial charge in [0.15, 0.2) is 0 Å². The Morgan fingerprint density at radius 3 is 2.25 bits per heavy atom. The lowest BCUT2D eigenvalue weighted by Crippen LogP contribution is -2.51. The number of halogens is 1. The number of hydrogen-bond donors (Lipinski definition) is 2. The molecule has 0 atom stereocenters. The fourth-order valence-electron chi connectivity index (χ4n) is 1.46. The van der Waals surface area contributed by atoms with E-state index in [4.69, 9.17) is 5.73 Å². The Bertz CT molecular complexity index is 257. The van der Waals surface area contributed by atoms with Gasteiger partial charge in [-0.1, -0.05) is 0 Å². The van der Waals surface area contributed by atoms with Crippen molar-refractivity contribution in [2.24, 2.45) is 5.73 Å². The number of carbonyl (C=O) groups is 2. The lowest BCUT2D eigenvalue weighted by atomic mass is 10.1. The molecule has 0 unspecified atom stereocenters. The van der Waals surface area contributed by atoms with Crippen LogP contribution in [0, 0.1) is 0 Å². The molecule has 0 spiro atoms. The topological polar surface area (TPSA) is 75.4 Å². The second-order valence-corrected chi connectivity index (χ2v) is 4.49. The summed E-state index contributed by atoms with van der Waals surface area (Å²) in [4.78, 5) is 24.7. The van der Waals surface area contributed by atoms with E-state index >= 15 is 0 Å². The Kier molecular flexibility index (Phi) is 5.75. The van der Waals surface area contributed by atoms with Crippen molar-refractivity contribution in [3.05, 3.63) is 0 Å². The Labute approximate surface area is 102 Å². The second-order valence-electron chi connectivity index (χ2n) is 4.49. The largest absolute Gasteiger partial charge is 0.345 e. The fraction of sp³-hybridized carbons (Fsp3) is 0.800. The molecule has 1 fully saturated rings. The van der Waals surface area contributed by atoms with Gasteiger partial charge in [-0.15, -0.1) is 12.4 Å². The Hall–Kier alpha value is -0.810. The molecule has 0 bridgehead atoms. The summed E-state index contributed by atoms with van der Waals surface area (Å²) in [6, 6.07) is 0. The molecule has 0 aliphatic carbocycles. The Morgan fingerprint density at radius 2 is 1.81 bits per heavy atom. The van der Waals surface area contributed by atoms with Crippen molar-refractivity contribution < 1.29 is 9.59 Å². The van der Waals surface area contributed by atoms with E-state index in [1.54, 1.807) is 18.7 Å². The maximum Gasteiger partial charge on any atom is 0.241 e. The van der Waals surface area contributed by atoms with Crippen LogP contribution < -0.4 is 11.1 Å². The first-order valence-electron chi connectivity index (χ1n) is 5.26. The lowest BCUT2D eigenvalue weighted by molar-refractivity contribution is -0.133. The summed E-state index contributed by atoms with van der Waals surface area (Å²) in [6.45, 7) is 4.90. The summed E-state index contributed by atoms with van der Waals surface area (Å²) in [5.41, 5.74) is 4.66. The van der Waals surface area contributed by atoms with Crippen LogP contribution in [0.15, 0.2) is 0 Å². The summed E-state index contributed by atoms with van der Waals surface area (Å²) < 4.78 is 0. The minimum Gasteiger partial charge on any atom is -0.345 e. The molecule has 5 nitrogen and oxygen atoms in total. The number of hydrogen-bond acceptors (Lipinski definition) is 3. The van der Waals surface area contributed by atoms with Crippen LogP contribution in [0.1, 0.15) is 26.7 Å². The minimum absolute atomic E-state index is 0. The molecule has 0 radical (unpaired) electrons. The number of carbonyl (C=O) groups excluding carboxylic acids is 2. The molecular weight excluding hydrogens is 230 g/mol. The van der Waals surface area contributed by atoms with Crippen LogP contribution in [0.4, 0.5) is 0 Å². The fourth-order valence-corrected chi connectivity index (χ4v) is 1.46. The van der Waals surface area contributed by atoms with Gasteiger partial charge in [-0.25, -0.2) is 0 Å². The molecule has 1 saturated heterocycles. The molecule has 0 aromatic heterocycles. The standard InChI is InChI=1S/C10H19N3O2.ClH/c1-10(2,11)9(15)12-7-8(14)13-5-3-4-6-13;/h3-7,11H2,1-2H3,(H,12,15);1H. The maximum absolute atomic E-state index is 11.5. The second kappa shape index (κ2) is 6.06. The van der Waals surface area contributed by atoms with Crippen LogP contribution in [0.5, 0.6) is 0 Å². The number of nitrogens with one attached hydrogen (secondary N) is 1. The van der Waals surface area contributed by atoms with E-state index in [1.807, 2.05) is 0 Å². The maximum atomic E-state index is 11.5. The predicted octanol–water partition coefficient (Wildman–Crippen LogP) is -0.116. The highest BCUT2D eigenvalue weighted by Gasteiger charge is 2.23. The smallest absolute Gasteiger partial charge is 0.241 e. The average molecular weight is 250 g/mol. The van der Waals surface area contributed by atoms with Gasteiger partial charge in [0.1, 0.15) is 0 Å². The van der Waals surface area contributed by atoms with Gasteiger partial charge in [-0.05, 0) is 26.7 Å². The van der Waals surface area contributed by atoms with Crippen LogP contribution in [0.3, 0.4) is 0 Å². The first kappa shape index (κ1) is 15.2. The first-order valence-corrected chi connectivity index (χ1v) is 5.26. The van der Waals surface area contributed by atoms with Crippen molar-refractivity contribution >= 4 is 24.2 Å². The van der Waals surface area contributed by atoms with Crippen molar-refractivity contribution in [3.8, 4) is 0 Å². The quantitative estimate of drug-likeness (QED) is 0.733. The molecule has 1 heterocycles. The lowest BCUT2D eigenvalue weighted by Gasteiger charge is -2.20. The Morgan fingerprint density at radius 1 is 1.31 bits per heavy atom. The zero-order chi connectivity index (χ0) is 11.5. The molecule has 1 aliphatic rings. The van der Waals surface area contributed by atoms with Gasteiger partial charge in [0.2, 0.25) is 11.8 Å². The molecule has 1 rings (SSSR count). The van der Waals surface area contributed by atoms with E-state index in [2.05, 4.69) is 5.32 Å². The van der Waals surface area contributed by atoms with Gasteiger partial charge < -0.3 is 16.0 Å². The minimum atomic E-state index is -0.925. The summed E-state index contributed by atoms with van der Waals surface area (Å²) in [5.74, 6) is -0.319. The Balaban J connectivity index is 0.00000225. The van der Waals surface area contributed by atoms with Crippen molar-refractivity contribution in [2.45, 2.75) is 32.2 Å². The SMILES string of the molecule is CC(C)(N)C(=O)NCC(=O)N1CCCC1.Cl. The number of amides is 2. The zero-order valence-electron chi connectivity index (χ0n) is 9.78. The number of rotatable bonds is 3. The molecule has 94 valence electrons. The van der Waals surface area contributed by atoms with Crippen LogP contribution in [0.25, 0.3) is 0 Å². The van der Waals surface area contributed by atoms with Gasteiger partial charge in [-0.3, -0.25) is 9.59 Å². The molecule has 2 amide bonds. The van der Waals surface area contributed by atoms with Crippen LogP contribution in [-0.2, 0) is 9.59 Å². The van der Waals surface area contributed by atoms with E-state index in [1.165, 1.54) is 0 Å². The van der Waals surface area contributed by atoms with E-state index in [-0.39, 0.29) is 30.8 Å². The monoisotopic (exact) mass is 249 g/mol. The van der Waals surface area contributed by atoms with Crippen molar-refractivity contribution in [1.29, 1.82) is 0 Å². The molecule has 6 heteroatoms. The van der Waals surface area contributed by atoms with Crippen molar-refractivity contribution in [2.75, 3.05) is 19.6 Å². The third-order valence-corrected chi connectivity index (χ3v) is 2.44. The molecule has 0 saturated carbocycles. The summed E-state index contributed by atoms with van der Waals surface area (Å²) in [6.07, 6.45) is 2.12. The highest BCUT2D eigenvalue weighted by Crippen LogP contribution is 2.06. The van der Waals surface area contributed by atoms with Gasteiger partial charge >= 0.3 is 0 Å². The summed E-state index contributed by atoms with van der Waals surface area (Å²) >= 11 is 0. The number of nitrogens with two attached hydrogens (primary N) is 1. The molecular formula is C10H20ClN3O2. The third kappa shape index (κ3) is 4.37. The normalized spacial score (nSPS) is 15.6. The first-order chi connectivity index (χ1) is 6.91. The van der Waals surface area contributed by atoms with Crippen LogP contribution in [-0.4, -0.2) is 41.9 Å². The summed E-state index contributed by atoms with van der Waals surface area (Å²) in [5, 5.41) is 2.54. The number of likely N-dealkylation sites (tertiary alicyclic amines) is 1. The number of nitrogens with zero attached hydrogens (tertiary/aromatic N) is 1. The molecule has 16 heavy (non-hydrogen) atoms.